The summed E-state index contributed by atoms with van der Waals surface area (Å²) in [5.41, 5.74) is 2.79. The Morgan fingerprint density at radius 1 is 0.946 bits per heavy atom. The second kappa shape index (κ2) is 12.5. The Morgan fingerprint density at radius 3 is 2.41 bits per heavy atom. The van der Waals surface area contributed by atoms with Crippen LogP contribution >= 0.6 is 0 Å². The van der Waals surface area contributed by atoms with Gasteiger partial charge in [0.1, 0.15) is 5.75 Å². The number of aromatic nitrogens is 1. The van der Waals surface area contributed by atoms with E-state index in [4.69, 9.17) is 9.15 Å². The van der Waals surface area contributed by atoms with Crippen LogP contribution in [0, 0.1) is 0 Å². The van der Waals surface area contributed by atoms with Gasteiger partial charge in [-0.2, -0.15) is 0 Å². The van der Waals surface area contributed by atoms with Crippen molar-refractivity contribution >= 4 is 17.5 Å². The maximum Gasteiger partial charge on any atom is 0.274 e. The number of ether oxygens (including phenoxy) is 1. The fraction of sp³-hybridized carbons (Fsp3) is 0.233. The molecule has 1 aromatic heterocycles. The summed E-state index contributed by atoms with van der Waals surface area (Å²) in [6, 6.07) is 24.2. The van der Waals surface area contributed by atoms with Crippen LogP contribution in [0.5, 0.6) is 5.75 Å². The number of unbranched alkanes of at least 4 members (excludes halogenated alkanes) is 1. The van der Waals surface area contributed by atoms with Gasteiger partial charge in [-0.1, -0.05) is 61.9 Å². The molecule has 2 amide bonds. The minimum Gasteiger partial charge on any atom is -0.494 e. The molecule has 0 aliphatic carbocycles. The number of oxazole rings is 1. The molecule has 0 aliphatic rings. The van der Waals surface area contributed by atoms with Crippen LogP contribution in [0.3, 0.4) is 0 Å². The molecule has 0 bridgehead atoms. The lowest BCUT2D eigenvalue weighted by Crippen LogP contribution is -2.31. The number of amides is 2. The Hall–Kier alpha value is -4.39. The van der Waals surface area contributed by atoms with Crippen molar-refractivity contribution in [1.29, 1.82) is 0 Å². The molecule has 0 fully saturated rings. The molecular weight excluding hydrogens is 466 g/mol. The number of hydrogen-bond acceptors (Lipinski definition) is 5. The first-order valence-corrected chi connectivity index (χ1v) is 12.5. The number of carbonyl (C=O) groups is 2. The van der Waals surface area contributed by atoms with Gasteiger partial charge in [0.15, 0.2) is 17.8 Å². The summed E-state index contributed by atoms with van der Waals surface area (Å²) in [6.07, 6.45) is 3.31. The normalized spacial score (nSPS) is 10.6. The number of para-hydroxylation sites is 1. The Kier molecular flexibility index (Phi) is 8.70. The largest absolute Gasteiger partial charge is 0.494 e. The average Bonchev–Trinajstić information content (AvgIpc) is 3.44. The van der Waals surface area contributed by atoms with Crippen molar-refractivity contribution in [2.24, 2.45) is 0 Å². The molecule has 7 nitrogen and oxygen atoms in total. The lowest BCUT2D eigenvalue weighted by molar-refractivity contribution is 0.0944. The molecule has 1 N–H and O–H groups in total. The van der Waals surface area contributed by atoms with Crippen molar-refractivity contribution in [1.82, 2.24) is 10.3 Å². The zero-order chi connectivity index (χ0) is 26.0. The van der Waals surface area contributed by atoms with Crippen LogP contribution in [0.4, 0.5) is 5.69 Å². The van der Waals surface area contributed by atoms with Gasteiger partial charge in [0.05, 0.1) is 12.2 Å². The third-order valence-electron chi connectivity index (χ3n) is 5.96. The van der Waals surface area contributed by atoms with E-state index in [1.165, 1.54) is 6.39 Å². The molecule has 1 heterocycles. The van der Waals surface area contributed by atoms with Gasteiger partial charge in [-0.25, -0.2) is 4.98 Å². The molecule has 3 aromatic carbocycles. The SMILES string of the molecule is CCCCOc1ccc(CNC(=O)c2ncoc2-c2ccccc2C(=O)N(CC)c2ccccc2)cc1. The van der Waals surface area contributed by atoms with Crippen LogP contribution < -0.4 is 15.0 Å². The predicted octanol–water partition coefficient (Wildman–Crippen LogP) is 6.12. The predicted molar refractivity (Wildman–Crippen MR) is 144 cm³/mol. The van der Waals surface area contributed by atoms with Crippen molar-refractivity contribution < 1.29 is 18.7 Å². The smallest absolute Gasteiger partial charge is 0.274 e. The summed E-state index contributed by atoms with van der Waals surface area (Å²) >= 11 is 0. The Bertz CT molecular complexity index is 1320. The first kappa shape index (κ1) is 25.7. The maximum atomic E-state index is 13.5. The molecule has 190 valence electrons. The monoisotopic (exact) mass is 497 g/mol. The number of rotatable bonds is 11. The summed E-state index contributed by atoms with van der Waals surface area (Å²) in [5, 5.41) is 2.89. The highest BCUT2D eigenvalue weighted by Gasteiger charge is 2.25. The van der Waals surface area contributed by atoms with E-state index in [0.29, 0.717) is 30.8 Å². The Labute approximate surface area is 217 Å². The van der Waals surface area contributed by atoms with E-state index >= 15 is 0 Å². The van der Waals surface area contributed by atoms with Gasteiger partial charge in [-0.15, -0.1) is 0 Å². The lowest BCUT2D eigenvalue weighted by Gasteiger charge is -2.22. The first-order chi connectivity index (χ1) is 18.1. The molecule has 0 aliphatic heterocycles. The Balaban J connectivity index is 1.50. The molecular formula is C30H31N3O4. The summed E-state index contributed by atoms with van der Waals surface area (Å²) in [7, 11) is 0. The van der Waals surface area contributed by atoms with E-state index in [9.17, 15) is 9.59 Å². The molecule has 7 heteroatoms. The number of nitrogens with zero attached hydrogens (tertiary/aromatic N) is 2. The zero-order valence-electron chi connectivity index (χ0n) is 21.1. The van der Waals surface area contributed by atoms with Crippen molar-refractivity contribution in [3.8, 4) is 17.1 Å². The van der Waals surface area contributed by atoms with Gasteiger partial charge < -0.3 is 19.4 Å². The third kappa shape index (κ3) is 6.25. The Morgan fingerprint density at radius 2 is 1.68 bits per heavy atom. The van der Waals surface area contributed by atoms with E-state index in [-0.39, 0.29) is 23.3 Å². The van der Waals surface area contributed by atoms with Gasteiger partial charge in [0.2, 0.25) is 0 Å². The van der Waals surface area contributed by atoms with Crippen molar-refractivity contribution in [3.05, 3.63) is 102 Å². The molecule has 37 heavy (non-hydrogen) atoms. The van der Waals surface area contributed by atoms with E-state index in [0.717, 1.165) is 29.8 Å². The molecule has 0 saturated carbocycles. The van der Waals surface area contributed by atoms with Gasteiger partial charge in [-0.05, 0) is 49.2 Å². The number of anilines is 1. The van der Waals surface area contributed by atoms with Crippen LogP contribution in [0.15, 0.2) is 89.7 Å². The second-order valence-electron chi connectivity index (χ2n) is 8.49. The number of hydrogen-bond donors (Lipinski definition) is 1. The van der Waals surface area contributed by atoms with Crippen molar-refractivity contribution in [2.45, 2.75) is 33.2 Å². The van der Waals surface area contributed by atoms with Gasteiger partial charge in [0, 0.05) is 24.3 Å². The van der Waals surface area contributed by atoms with Crippen molar-refractivity contribution in [3.63, 3.8) is 0 Å². The zero-order valence-corrected chi connectivity index (χ0v) is 21.1. The van der Waals surface area contributed by atoms with E-state index in [2.05, 4.69) is 17.2 Å². The highest BCUT2D eigenvalue weighted by Crippen LogP contribution is 2.29. The van der Waals surface area contributed by atoms with Gasteiger partial charge >= 0.3 is 0 Å². The molecule has 0 atom stereocenters. The van der Waals surface area contributed by atoms with Crippen LogP contribution in [-0.4, -0.2) is 29.9 Å². The standard InChI is InChI=1S/C30H31N3O4/c1-3-5-19-36-24-17-15-22(16-18-24)20-31-29(34)27-28(37-21-32-27)25-13-9-10-14-26(25)30(35)33(4-2)23-11-7-6-8-12-23/h6-18,21H,3-5,19-20H2,1-2H3,(H,31,34). The van der Waals surface area contributed by atoms with E-state index in [1.807, 2.05) is 61.5 Å². The van der Waals surface area contributed by atoms with Crippen LogP contribution in [0.25, 0.3) is 11.3 Å². The summed E-state index contributed by atoms with van der Waals surface area (Å²) in [4.78, 5) is 32.4. The molecule has 0 saturated heterocycles. The van der Waals surface area contributed by atoms with E-state index < -0.39 is 0 Å². The van der Waals surface area contributed by atoms with Crippen LogP contribution in [0.1, 0.15) is 53.1 Å². The summed E-state index contributed by atoms with van der Waals surface area (Å²) < 4.78 is 11.3. The molecule has 0 radical (unpaired) electrons. The average molecular weight is 498 g/mol. The molecule has 0 spiro atoms. The third-order valence-corrected chi connectivity index (χ3v) is 5.96. The molecule has 4 aromatic rings. The maximum absolute atomic E-state index is 13.5. The fourth-order valence-electron chi connectivity index (χ4n) is 3.97. The minimum absolute atomic E-state index is 0.127. The van der Waals surface area contributed by atoms with Crippen molar-refractivity contribution in [2.75, 3.05) is 18.1 Å². The second-order valence-corrected chi connectivity index (χ2v) is 8.49. The summed E-state index contributed by atoms with van der Waals surface area (Å²) in [5.74, 6) is 0.489. The fourth-order valence-corrected chi connectivity index (χ4v) is 3.97. The number of benzene rings is 3. The van der Waals surface area contributed by atoms with Gasteiger partial charge in [0.25, 0.3) is 11.8 Å². The van der Waals surface area contributed by atoms with Crippen LogP contribution in [-0.2, 0) is 6.54 Å². The van der Waals surface area contributed by atoms with E-state index in [1.54, 1.807) is 29.2 Å². The topological polar surface area (TPSA) is 84.7 Å². The lowest BCUT2D eigenvalue weighted by atomic mass is 10.0. The van der Waals surface area contributed by atoms with Crippen LogP contribution in [0.2, 0.25) is 0 Å². The highest BCUT2D eigenvalue weighted by molar-refractivity contribution is 6.11. The number of nitrogens with one attached hydrogen (secondary N) is 1. The highest BCUT2D eigenvalue weighted by atomic mass is 16.5. The molecule has 0 unspecified atom stereocenters. The first-order valence-electron chi connectivity index (χ1n) is 12.5. The molecule has 4 rings (SSSR count). The minimum atomic E-state index is -0.385. The van der Waals surface area contributed by atoms with Gasteiger partial charge in [-0.3, -0.25) is 9.59 Å². The summed E-state index contributed by atoms with van der Waals surface area (Å²) in [6.45, 7) is 5.54. The quantitative estimate of drug-likeness (QED) is 0.253. The number of carbonyl (C=O) groups excluding carboxylic acids is 2.